The van der Waals surface area contributed by atoms with Gasteiger partial charge in [-0.25, -0.2) is 8.42 Å². The summed E-state index contributed by atoms with van der Waals surface area (Å²) in [5.41, 5.74) is 0.604. The molecule has 7 nitrogen and oxygen atoms in total. The van der Waals surface area contributed by atoms with E-state index in [9.17, 15) is 23.4 Å². The largest absolute Gasteiger partial charge is 0.506 e. The van der Waals surface area contributed by atoms with Crippen LogP contribution in [0.2, 0.25) is 4.34 Å². The van der Waals surface area contributed by atoms with E-state index < -0.39 is 28.0 Å². The van der Waals surface area contributed by atoms with Crippen LogP contribution in [-0.2, 0) is 14.6 Å². The minimum Gasteiger partial charge on any atom is -0.506 e. The second-order valence-electron chi connectivity index (χ2n) is 5.25. The lowest BCUT2D eigenvalue weighted by molar-refractivity contribution is -0.118. The Labute approximate surface area is 146 Å². The molecular formula is C14H13ClN2O5S2. The van der Waals surface area contributed by atoms with E-state index in [1.807, 2.05) is 0 Å². The number of rotatable bonds is 3. The number of thiophene rings is 1. The Bertz CT molecular complexity index is 885. The number of dihydropyridines is 1. The number of hydrogen-bond donors (Lipinski definition) is 4. The molecule has 128 valence electrons. The van der Waals surface area contributed by atoms with E-state index in [0.29, 0.717) is 9.90 Å². The molecule has 3 rings (SSSR count). The highest BCUT2D eigenvalue weighted by Gasteiger charge is 2.30. The number of nitrogens with one attached hydrogen (secondary N) is 2. The minimum atomic E-state index is -3.30. The molecule has 0 spiro atoms. The summed E-state index contributed by atoms with van der Waals surface area (Å²) in [5.74, 6) is -1.16. The maximum Gasteiger partial charge on any atom is 0.252 e. The molecule has 24 heavy (non-hydrogen) atoms. The molecule has 0 aromatic carbocycles. The Morgan fingerprint density at radius 2 is 2.21 bits per heavy atom. The van der Waals surface area contributed by atoms with Gasteiger partial charge in [-0.3, -0.25) is 4.79 Å². The zero-order valence-corrected chi connectivity index (χ0v) is 14.5. The second-order valence-corrected chi connectivity index (χ2v) is 8.70. The van der Waals surface area contributed by atoms with Crippen LogP contribution in [0.1, 0.15) is 5.56 Å². The van der Waals surface area contributed by atoms with Crippen LogP contribution in [0.25, 0.3) is 5.70 Å². The SMILES string of the molecule is O=C(N[C@@H]1C=CS(=O)(=O)C1)C1=CC(O)=C(c2ccsc2Cl)NC1O. The van der Waals surface area contributed by atoms with Gasteiger partial charge >= 0.3 is 0 Å². The van der Waals surface area contributed by atoms with Crippen molar-refractivity contribution in [3.63, 3.8) is 0 Å². The summed E-state index contributed by atoms with van der Waals surface area (Å²) in [6.45, 7) is 0. The number of amides is 1. The van der Waals surface area contributed by atoms with Crippen LogP contribution >= 0.6 is 22.9 Å². The number of halogens is 1. The predicted octanol–water partition coefficient (Wildman–Crippen LogP) is 0.903. The van der Waals surface area contributed by atoms with Crippen LogP contribution in [0.3, 0.4) is 0 Å². The molecule has 0 saturated carbocycles. The first-order chi connectivity index (χ1) is 11.3. The number of carbonyl (C=O) groups is 1. The molecule has 2 atom stereocenters. The van der Waals surface area contributed by atoms with Crippen molar-refractivity contribution < 1.29 is 23.4 Å². The molecular weight excluding hydrogens is 376 g/mol. The molecule has 4 N–H and O–H groups in total. The van der Waals surface area contributed by atoms with Crippen molar-refractivity contribution in [1.82, 2.24) is 10.6 Å². The van der Waals surface area contributed by atoms with E-state index in [1.54, 1.807) is 11.4 Å². The Kier molecular flexibility index (Phi) is 4.43. The normalized spacial score (nSPS) is 25.3. The van der Waals surface area contributed by atoms with Crippen molar-refractivity contribution >= 4 is 44.4 Å². The Balaban J connectivity index is 1.81. The summed E-state index contributed by atoms with van der Waals surface area (Å²) in [4.78, 5) is 12.2. The average Bonchev–Trinajstić information content (AvgIpc) is 3.06. The number of allylic oxidation sites excluding steroid dienone is 1. The van der Waals surface area contributed by atoms with Crippen molar-refractivity contribution in [3.8, 4) is 0 Å². The van der Waals surface area contributed by atoms with Gasteiger partial charge in [0.1, 0.15) is 10.1 Å². The summed E-state index contributed by atoms with van der Waals surface area (Å²) < 4.78 is 23.1. The van der Waals surface area contributed by atoms with E-state index in [1.165, 1.54) is 17.4 Å². The molecule has 1 amide bonds. The van der Waals surface area contributed by atoms with Gasteiger partial charge < -0.3 is 20.8 Å². The van der Waals surface area contributed by atoms with Crippen LogP contribution in [0.5, 0.6) is 0 Å². The van der Waals surface area contributed by atoms with Gasteiger partial charge in [0.25, 0.3) is 5.91 Å². The smallest absolute Gasteiger partial charge is 0.252 e. The van der Waals surface area contributed by atoms with Gasteiger partial charge in [-0.1, -0.05) is 11.6 Å². The Hall–Kier alpha value is -1.81. The molecule has 2 aliphatic rings. The van der Waals surface area contributed by atoms with Crippen LogP contribution in [0.15, 0.2) is 40.3 Å². The third kappa shape index (κ3) is 3.34. The van der Waals surface area contributed by atoms with E-state index in [0.717, 1.165) is 11.5 Å². The Morgan fingerprint density at radius 1 is 1.46 bits per heavy atom. The number of sulfone groups is 1. The molecule has 0 fully saturated rings. The molecule has 0 saturated heterocycles. The van der Waals surface area contributed by atoms with Gasteiger partial charge in [-0.05, 0) is 23.6 Å². The molecule has 3 heterocycles. The van der Waals surface area contributed by atoms with E-state index in [2.05, 4.69) is 10.6 Å². The molecule has 2 aliphatic heterocycles. The molecule has 10 heteroatoms. The summed E-state index contributed by atoms with van der Waals surface area (Å²) in [6.07, 6.45) is 1.13. The highest BCUT2D eigenvalue weighted by atomic mass is 35.5. The summed E-state index contributed by atoms with van der Waals surface area (Å²) in [5, 5.41) is 28.1. The van der Waals surface area contributed by atoms with E-state index in [-0.39, 0.29) is 22.8 Å². The van der Waals surface area contributed by atoms with Crippen molar-refractivity contribution in [3.05, 3.63) is 50.2 Å². The van der Waals surface area contributed by atoms with Crippen molar-refractivity contribution in [2.24, 2.45) is 0 Å². The van der Waals surface area contributed by atoms with Gasteiger partial charge in [0, 0.05) is 11.0 Å². The molecule has 1 aromatic heterocycles. The summed E-state index contributed by atoms with van der Waals surface area (Å²) in [6, 6.07) is 1.00. The molecule has 0 aliphatic carbocycles. The van der Waals surface area contributed by atoms with Gasteiger partial charge in [0.15, 0.2) is 16.1 Å². The van der Waals surface area contributed by atoms with Gasteiger partial charge in [0.2, 0.25) is 0 Å². The molecule has 1 aromatic rings. The summed E-state index contributed by atoms with van der Waals surface area (Å²) >= 11 is 7.28. The second kappa shape index (κ2) is 6.25. The van der Waals surface area contributed by atoms with E-state index >= 15 is 0 Å². The highest BCUT2D eigenvalue weighted by Crippen LogP contribution is 2.32. The lowest BCUT2D eigenvalue weighted by Gasteiger charge is -2.24. The standard InChI is InChI=1S/C14H13ClN2O5S2/c15-12-8(1-3-23-12)11-10(18)5-9(14(20)17-11)13(19)16-7-2-4-24(21,22)6-7/h1-5,7,14,17-18,20H,6H2,(H,16,19)/t7-,14?/m1/s1. The van der Waals surface area contributed by atoms with Crippen LogP contribution in [0.4, 0.5) is 0 Å². The number of aliphatic hydroxyl groups excluding tert-OH is 2. The average molecular weight is 389 g/mol. The third-order valence-electron chi connectivity index (χ3n) is 3.52. The van der Waals surface area contributed by atoms with Crippen molar-refractivity contribution in [1.29, 1.82) is 0 Å². The van der Waals surface area contributed by atoms with Gasteiger partial charge in [-0.2, -0.15) is 0 Å². The van der Waals surface area contributed by atoms with Crippen molar-refractivity contribution in [2.75, 3.05) is 5.75 Å². The fourth-order valence-corrected chi connectivity index (χ4v) is 4.55. The number of aliphatic hydroxyl groups is 2. The first-order valence-corrected chi connectivity index (χ1v) is 9.79. The molecule has 0 bridgehead atoms. The fourth-order valence-electron chi connectivity index (χ4n) is 2.38. The molecule has 1 unspecified atom stereocenters. The van der Waals surface area contributed by atoms with E-state index in [4.69, 9.17) is 11.6 Å². The summed E-state index contributed by atoms with van der Waals surface area (Å²) in [7, 11) is -3.30. The van der Waals surface area contributed by atoms with Crippen molar-refractivity contribution in [2.45, 2.75) is 12.3 Å². The maximum atomic E-state index is 12.2. The number of hydrogen-bond acceptors (Lipinski definition) is 7. The molecule has 0 radical (unpaired) electrons. The monoisotopic (exact) mass is 388 g/mol. The van der Waals surface area contributed by atoms with Crippen LogP contribution in [0, 0.1) is 0 Å². The first-order valence-electron chi connectivity index (χ1n) is 6.81. The lowest BCUT2D eigenvalue weighted by Crippen LogP contribution is -2.43. The quantitative estimate of drug-likeness (QED) is 0.611. The predicted molar refractivity (Wildman–Crippen MR) is 91.0 cm³/mol. The van der Waals surface area contributed by atoms with Gasteiger partial charge in [0.05, 0.1) is 23.1 Å². The zero-order valence-electron chi connectivity index (χ0n) is 12.1. The lowest BCUT2D eigenvalue weighted by atomic mass is 10.1. The Morgan fingerprint density at radius 3 is 2.79 bits per heavy atom. The van der Waals surface area contributed by atoms with Gasteiger partial charge in [-0.15, -0.1) is 11.3 Å². The number of carbonyl (C=O) groups excluding carboxylic acids is 1. The highest BCUT2D eigenvalue weighted by molar-refractivity contribution is 7.94. The fraction of sp³-hybridized carbons (Fsp3) is 0.214. The maximum absolute atomic E-state index is 12.2. The third-order valence-corrected chi connectivity index (χ3v) is 6.09. The van der Waals surface area contributed by atoms with Crippen LogP contribution in [-0.4, -0.2) is 42.6 Å². The topological polar surface area (TPSA) is 116 Å². The zero-order chi connectivity index (χ0) is 17.5. The minimum absolute atomic E-state index is 0.125. The first kappa shape index (κ1) is 17.0. The van der Waals surface area contributed by atoms with Crippen LogP contribution < -0.4 is 10.6 Å².